The van der Waals surface area contributed by atoms with Gasteiger partial charge < -0.3 is 4.74 Å². The summed E-state index contributed by atoms with van der Waals surface area (Å²) < 4.78 is 122. The molecule has 1 atom stereocenters. The van der Waals surface area contributed by atoms with E-state index in [-0.39, 0.29) is 5.56 Å². The zero-order valence-corrected chi connectivity index (χ0v) is 14.0. The van der Waals surface area contributed by atoms with Crippen LogP contribution in [0.5, 0.6) is 0 Å². The Morgan fingerprint density at radius 1 is 0.885 bits per heavy atom. The third-order valence-electron chi connectivity index (χ3n) is 4.17. The number of aryl methyl sites for hydroxylation is 1. The lowest BCUT2D eigenvalue weighted by molar-refractivity contribution is -0.400. The van der Waals surface area contributed by atoms with Gasteiger partial charge in [-0.05, 0) is 24.5 Å². The van der Waals surface area contributed by atoms with Gasteiger partial charge in [0.15, 0.2) is 0 Å². The van der Waals surface area contributed by atoms with Gasteiger partial charge in [0.2, 0.25) is 0 Å². The molecule has 0 saturated carbocycles. The number of rotatable bonds is 7. The van der Waals surface area contributed by atoms with Crippen LogP contribution in [-0.2, 0) is 16.8 Å². The van der Waals surface area contributed by atoms with E-state index in [1.54, 1.807) is 13.0 Å². The van der Waals surface area contributed by atoms with E-state index in [1.807, 2.05) is 0 Å². The number of benzene rings is 1. The van der Waals surface area contributed by atoms with E-state index < -0.39 is 36.0 Å². The molecule has 0 aliphatic carbocycles. The fraction of sp³-hybridized carbons (Fsp3) is 0.625. The van der Waals surface area contributed by atoms with Crippen LogP contribution in [0.1, 0.15) is 31.4 Å². The van der Waals surface area contributed by atoms with Crippen LogP contribution >= 0.6 is 0 Å². The molecular formula is C16H17F9O. The first-order chi connectivity index (χ1) is 11.6. The molecule has 0 spiro atoms. The van der Waals surface area contributed by atoms with E-state index in [1.165, 1.54) is 18.2 Å². The van der Waals surface area contributed by atoms with Crippen molar-refractivity contribution >= 4 is 0 Å². The lowest BCUT2D eigenvalue weighted by Crippen LogP contribution is -2.62. The molecule has 0 heterocycles. The molecule has 1 rings (SSSR count). The summed E-state index contributed by atoms with van der Waals surface area (Å²) in [5.41, 5.74) is -1.66. The number of halogens is 9. The third kappa shape index (κ3) is 3.79. The summed E-state index contributed by atoms with van der Waals surface area (Å²) in [6.07, 6.45) is -8.47. The molecule has 1 aromatic carbocycles. The van der Waals surface area contributed by atoms with Crippen LogP contribution in [0.2, 0.25) is 0 Å². The minimum absolute atomic E-state index is 0.0508. The molecule has 0 bridgehead atoms. The van der Waals surface area contributed by atoms with Crippen molar-refractivity contribution in [2.24, 2.45) is 0 Å². The minimum Gasteiger partial charge on any atom is -0.374 e. The Morgan fingerprint density at radius 2 is 1.42 bits per heavy atom. The first-order valence-corrected chi connectivity index (χ1v) is 7.40. The van der Waals surface area contributed by atoms with Crippen molar-refractivity contribution in [1.82, 2.24) is 0 Å². The molecule has 0 aliphatic rings. The van der Waals surface area contributed by atoms with Crippen molar-refractivity contribution in [3.63, 3.8) is 0 Å². The monoisotopic (exact) mass is 396 g/mol. The summed E-state index contributed by atoms with van der Waals surface area (Å²) in [7, 11) is 0.870. The van der Waals surface area contributed by atoms with E-state index >= 15 is 0 Å². The summed E-state index contributed by atoms with van der Waals surface area (Å²) >= 11 is 0. The van der Waals surface area contributed by atoms with E-state index in [9.17, 15) is 39.5 Å². The van der Waals surface area contributed by atoms with Crippen LogP contribution in [0.25, 0.3) is 0 Å². The molecule has 1 aromatic rings. The average Bonchev–Trinajstić information content (AvgIpc) is 2.53. The predicted molar refractivity (Wildman–Crippen MR) is 75.7 cm³/mol. The molecule has 10 heteroatoms. The smallest absolute Gasteiger partial charge is 0.374 e. The molecule has 0 saturated heterocycles. The maximum absolute atomic E-state index is 14.0. The zero-order chi connectivity index (χ0) is 20.6. The van der Waals surface area contributed by atoms with Gasteiger partial charge in [0.1, 0.15) is 0 Å². The van der Waals surface area contributed by atoms with Crippen molar-refractivity contribution in [3.05, 3.63) is 35.4 Å². The maximum Gasteiger partial charge on any atom is 0.460 e. The number of hydrogen-bond acceptors (Lipinski definition) is 1. The van der Waals surface area contributed by atoms with Crippen LogP contribution in [-0.4, -0.2) is 31.1 Å². The Balaban J connectivity index is 3.34. The quantitative estimate of drug-likeness (QED) is 0.516. The number of methoxy groups -OCH3 is 1. The highest BCUT2D eigenvalue weighted by Gasteiger charge is 2.82. The fourth-order valence-electron chi connectivity index (χ4n) is 2.35. The second-order valence-electron chi connectivity index (χ2n) is 6.02. The molecule has 0 radical (unpaired) electrons. The first-order valence-electron chi connectivity index (χ1n) is 7.40. The summed E-state index contributed by atoms with van der Waals surface area (Å²) in [4.78, 5) is 0. The molecule has 150 valence electrons. The summed E-state index contributed by atoms with van der Waals surface area (Å²) in [5, 5.41) is 0. The summed E-state index contributed by atoms with van der Waals surface area (Å²) in [6, 6.07) is 5.58. The van der Waals surface area contributed by atoms with E-state index in [4.69, 9.17) is 4.74 Å². The van der Waals surface area contributed by atoms with Crippen molar-refractivity contribution in [3.8, 4) is 0 Å². The Labute approximate surface area is 144 Å². The van der Waals surface area contributed by atoms with Gasteiger partial charge in [0.05, 0.1) is 12.0 Å². The normalized spacial score (nSPS) is 16.5. The molecule has 1 unspecified atom stereocenters. The highest BCUT2D eigenvalue weighted by atomic mass is 19.4. The van der Waals surface area contributed by atoms with Gasteiger partial charge in [0.25, 0.3) is 0 Å². The number of hydrogen-bond donors (Lipinski definition) is 0. The lowest BCUT2D eigenvalue weighted by atomic mass is 9.85. The molecule has 0 fully saturated rings. The van der Waals surface area contributed by atoms with Gasteiger partial charge in [-0.3, -0.25) is 0 Å². The topological polar surface area (TPSA) is 9.23 Å². The molecule has 0 N–H and O–H groups in total. The standard InChI is InChI=1S/C16H17F9O/c1-4-10-6-5-7-11(8-10)12(2,26-3)9-13(17,18)14(19,20)15(21,22)16(23,24)25/h5-8H,4,9H2,1-3H3. The van der Waals surface area contributed by atoms with E-state index in [0.717, 1.165) is 14.0 Å². The predicted octanol–water partition coefficient (Wildman–Crippen LogP) is 5.97. The highest BCUT2D eigenvalue weighted by Crippen LogP contribution is 2.56. The third-order valence-corrected chi connectivity index (χ3v) is 4.17. The maximum atomic E-state index is 14.0. The second-order valence-corrected chi connectivity index (χ2v) is 6.02. The molecule has 26 heavy (non-hydrogen) atoms. The molecule has 0 aromatic heterocycles. The van der Waals surface area contributed by atoms with Crippen molar-refractivity contribution in [2.45, 2.75) is 56.2 Å². The Kier molecular flexibility index (Phi) is 6.03. The number of alkyl halides is 9. The van der Waals surface area contributed by atoms with Crippen LogP contribution < -0.4 is 0 Å². The highest BCUT2D eigenvalue weighted by molar-refractivity contribution is 5.29. The van der Waals surface area contributed by atoms with Crippen LogP contribution in [0, 0.1) is 0 Å². The molecule has 0 aliphatic heterocycles. The van der Waals surface area contributed by atoms with Gasteiger partial charge in [-0.15, -0.1) is 0 Å². The Bertz CT molecular complexity index is 624. The minimum atomic E-state index is -6.91. The van der Waals surface area contributed by atoms with Gasteiger partial charge in [-0.2, -0.15) is 39.5 Å². The van der Waals surface area contributed by atoms with Gasteiger partial charge in [-0.25, -0.2) is 0 Å². The number of ether oxygens (including phenoxy) is 1. The zero-order valence-electron chi connectivity index (χ0n) is 14.0. The van der Waals surface area contributed by atoms with E-state index in [0.29, 0.717) is 12.0 Å². The van der Waals surface area contributed by atoms with Crippen LogP contribution in [0.3, 0.4) is 0 Å². The van der Waals surface area contributed by atoms with Gasteiger partial charge in [-0.1, -0.05) is 31.2 Å². The Hall–Kier alpha value is -1.45. The van der Waals surface area contributed by atoms with Crippen molar-refractivity contribution in [2.75, 3.05) is 7.11 Å². The molecule has 1 nitrogen and oxygen atoms in total. The molecule has 0 amide bonds. The lowest BCUT2D eigenvalue weighted by Gasteiger charge is -2.38. The van der Waals surface area contributed by atoms with Crippen LogP contribution in [0.15, 0.2) is 24.3 Å². The molecular weight excluding hydrogens is 379 g/mol. The van der Waals surface area contributed by atoms with Gasteiger partial charge in [0, 0.05) is 7.11 Å². The second kappa shape index (κ2) is 6.94. The Morgan fingerprint density at radius 3 is 1.85 bits per heavy atom. The van der Waals surface area contributed by atoms with Gasteiger partial charge >= 0.3 is 23.9 Å². The largest absolute Gasteiger partial charge is 0.460 e. The van der Waals surface area contributed by atoms with Crippen molar-refractivity contribution in [1.29, 1.82) is 0 Å². The fourth-order valence-corrected chi connectivity index (χ4v) is 2.35. The summed E-state index contributed by atoms with van der Waals surface area (Å²) in [6.45, 7) is 2.63. The van der Waals surface area contributed by atoms with Crippen LogP contribution in [0.4, 0.5) is 39.5 Å². The van der Waals surface area contributed by atoms with E-state index in [2.05, 4.69) is 0 Å². The van der Waals surface area contributed by atoms with Crippen molar-refractivity contribution < 1.29 is 44.3 Å². The average molecular weight is 396 g/mol. The summed E-state index contributed by atoms with van der Waals surface area (Å²) in [5.74, 6) is -19.3. The first kappa shape index (κ1) is 22.6. The SMILES string of the molecule is CCc1cccc(C(C)(CC(F)(F)C(F)(F)C(F)(F)C(F)(F)F)OC)c1.